The molecule has 0 atom stereocenters. The minimum atomic E-state index is 0.633. The van der Waals surface area contributed by atoms with Gasteiger partial charge in [0.25, 0.3) is 0 Å². The Morgan fingerprint density at radius 2 is 1.95 bits per heavy atom. The molecule has 102 valence electrons. The van der Waals surface area contributed by atoms with E-state index in [1.807, 2.05) is 44.4 Å². The molecule has 3 rings (SSSR count). The van der Waals surface area contributed by atoms with Crippen LogP contribution in [-0.4, -0.2) is 14.8 Å². The summed E-state index contributed by atoms with van der Waals surface area (Å²) in [5.41, 5.74) is 8.95. The number of nitrogens with zero attached hydrogens (tertiary/aromatic N) is 3. The van der Waals surface area contributed by atoms with Gasteiger partial charge in [-0.15, -0.1) is 11.3 Å². The summed E-state index contributed by atoms with van der Waals surface area (Å²) < 4.78 is 1.69. The summed E-state index contributed by atoms with van der Waals surface area (Å²) in [6.07, 6.45) is 1.83. The van der Waals surface area contributed by atoms with Crippen LogP contribution < -0.4 is 5.73 Å². The van der Waals surface area contributed by atoms with Gasteiger partial charge < -0.3 is 5.73 Å². The number of anilines is 1. The SMILES string of the molecule is Cc1ncc(-c2nn(C)c(N)c2-c2ccc(Cl)cc2)s1. The molecule has 0 unspecified atom stereocenters. The molecule has 20 heavy (non-hydrogen) atoms. The quantitative estimate of drug-likeness (QED) is 0.784. The summed E-state index contributed by atoms with van der Waals surface area (Å²) in [6.45, 7) is 1.97. The summed E-state index contributed by atoms with van der Waals surface area (Å²) in [4.78, 5) is 5.30. The van der Waals surface area contributed by atoms with Crippen molar-refractivity contribution >= 4 is 28.8 Å². The van der Waals surface area contributed by atoms with E-state index in [-0.39, 0.29) is 0 Å². The number of thiazole rings is 1. The molecule has 0 radical (unpaired) electrons. The van der Waals surface area contributed by atoms with Crippen molar-refractivity contribution in [2.24, 2.45) is 7.05 Å². The molecule has 0 aliphatic rings. The second kappa shape index (κ2) is 4.92. The smallest absolute Gasteiger partial charge is 0.129 e. The van der Waals surface area contributed by atoms with Crippen LogP contribution in [0, 0.1) is 6.92 Å². The molecule has 0 aliphatic heterocycles. The van der Waals surface area contributed by atoms with Crippen molar-refractivity contribution in [3.05, 3.63) is 40.5 Å². The molecule has 1 aromatic carbocycles. The molecule has 2 heterocycles. The first-order chi connectivity index (χ1) is 9.56. The monoisotopic (exact) mass is 304 g/mol. The number of hydrogen-bond acceptors (Lipinski definition) is 4. The normalized spacial score (nSPS) is 10.9. The van der Waals surface area contributed by atoms with Gasteiger partial charge in [0.15, 0.2) is 0 Å². The fourth-order valence-corrected chi connectivity index (χ4v) is 2.98. The van der Waals surface area contributed by atoms with Gasteiger partial charge in [-0.1, -0.05) is 23.7 Å². The highest BCUT2D eigenvalue weighted by Crippen LogP contribution is 2.38. The average Bonchev–Trinajstić information content (AvgIpc) is 2.97. The van der Waals surface area contributed by atoms with Crippen molar-refractivity contribution < 1.29 is 0 Å². The molecule has 0 fully saturated rings. The van der Waals surface area contributed by atoms with Gasteiger partial charge in [-0.25, -0.2) is 4.98 Å². The summed E-state index contributed by atoms with van der Waals surface area (Å²) in [5.74, 6) is 0.633. The summed E-state index contributed by atoms with van der Waals surface area (Å²) >= 11 is 7.55. The topological polar surface area (TPSA) is 56.7 Å². The van der Waals surface area contributed by atoms with Gasteiger partial charge >= 0.3 is 0 Å². The lowest BCUT2D eigenvalue weighted by molar-refractivity contribution is 0.783. The number of aromatic nitrogens is 3. The maximum absolute atomic E-state index is 6.17. The van der Waals surface area contributed by atoms with Crippen molar-refractivity contribution in [3.8, 4) is 21.7 Å². The zero-order chi connectivity index (χ0) is 14.3. The number of benzene rings is 1. The van der Waals surface area contributed by atoms with Crippen molar-refractivity contribution in [2.75, 3.05) is 5.73 Å². The average molecular weight is 305 g/mol. The van der Waals surface area contributed by atoms with E-state index in [4.69, 9.17) is 17.3 Å². The van der Waals surface area contributed by atoms with Crippen LogP contribution >= 0.6 is 22.9 Å². The molecular formula is C14H13ClN4S. The van der Waals surface area contributed by atoms with E-state index < -0.39 is 0 Å². The Morgan fingerprint density at radius 1 is 1.25 bits per heavy atom. The largest absolute Gasteiger partial charge is 0.383 e. The van der Waals surface area contributed by atoms with E-state index in [2.05, 4.69) is 10.1 Å². The molecule has 0 spiro atoms. The molecule has 4 nitrogen and oxygen atoms in total. The Hall–Kier alpha value is -1.85. The third-order valence-corrected chi connectivity index (χ3v) is 4.25. The van der Waals surface area contributed by atoms with Gasteiger partial charge in [0, 0.05) is 18.3 Å². The lowest BCUT2D eigenvalue weighted by Gasteiger charge is -2.03. The molecule has 0 saturated heterocycles. The van der Waals surface area contributed by atoms with E-state index in [0.717, 1.165) is 26.7 Å². The molecule has 0 bridgehead atoms. The predicted molar refractivity (Wildman–Crippen MR) is 83.9 cm³/mol. The standard InChI is InChI=1S/C14H13ClN4S/c1-8-17-7-11(20-8)13-12(14(16)19(2)18-13)9-3-5-10(15)6-4-9/h3-7H,16H2,1-2H3. The van der Waals surface area contributed by atoms with Crippen LogP contribution in [-0.2, 0) is 7.05 Å². The van der Waals surface area contributed by atoms with Gasteiger partial charge in [0.2, 0.25) is 0 Å². The first kappa shape index (κ1) is 13.1. The van der Waals surface area contributed by atoms with Crippen molar-refractivity contribution in [1.82, 2.24) is 14.8 Å². The number of rotatable bonds is 2. The van der Waals surface area contributed by atoms with Crippen LogP contribution in [0.4, 0.5) is 5.82 Å². The maximum atomic E-state index is 6.17. The van der Waals surface area contributed by atoms with Crippen molar-refractivity contribution in [1.29, 1.82) is 0 Å². The molecule has 6 heteroatoms. The van der Waals surface area contributed by atoms with E-state index >= 15 is 0 Å². The highest BCUT2D eigenvalue weighted by Gasteiger charge is 2.18. The minimum absolute atomic E-state index is 0.633. The highest BCUT2D eigenvalue weighted by atomic mass is 35.5. The summed E-state index contributed by atoms with van der Waals surface area (Å²) in [7, 11) is 1.84. The number of halogens is 1. The van der Waals surface area contributed by atoms with Crippen molar-refractivity contribution in [2.45, 2.75) is 6.92 Å². The van der Waals surface area contributed by atoms with Crippen LogP contribution in [0.2, 0.25) is 5.02 Å². The second-order valence-corrected chi connectivity index (χ2v) is 6.15. The Labute approximate surface area is 125 Å². The zero-order valence-electron chi connectivity index (χ0n) is 11.1. The Morgan fingerprint density at radius 3 is 2.55 bits per heavy atom. The number of aryl methyl sites for hydroxylation is 2. The van der Waals surface area contributed by atoms with Gasteiger partial charge in [-0.2, -0.15) is 5.10 Å². The van der Waals surface area contributed by atoms with Gasteiger partial charge in [-0.05, 0) is 24.6 Å². The molecule has 0 aliphatic carbocycles. The van der Waals surface area contributed by atoms with E-state index in [1.165, 1.54) is 0 Å². The number of hydrogen-bond donors (Lipinski definition) is 1. The van der Waals surface area contributed by atoms with Crippen molar-refractivity contribution in [3.63, 3.8) is 0 Å². The fourth-order valence-electron chi connectivity index (χ4n) is 2.08. The molecule has 3 aromatic rings. The molecule has 0 saturated carbocycles. The van der Waals surface area contributed by atoms with Crippen LogP contribution in [0.1, 0.15) is 5.01 Å². The highest BCUT2D eigenvalue weighted by molar-refractivity contribution is 7.15. The number of nitrogens with two attached hydrogens (primary N) is 1. The first-order valence-electron chi connectivity index (χ1n) is 6.07. The predicted octanol–water partition coefficient (Wildman–Crippen LogP) is 3.75. The minimum Gasteiger partial charge on any atom is -0.383 e. The molecular weight excluding hydrogens is 292 g/mol. The number of nitrogen functional groups attached to an aromatic ring is 1. The zero-order valence-corrected chi connectivity index (χ0v) is 12.7. The van der Waals surface area contributed by atoms with E-state index in [1.54, 1.807) is 16.0 Å². The molecule has 2 N–H and O–H groups in total. The summed E-state index contributed by atoms with van der Waals surface area (Å²) in [5, 5.41) is 6.23. The van der Waals surface area contributed by atoms with Crippen LogP contribution in [0.5, 0.6) is 0 Å². The summed E-state index contributed by atoms with van der Waals surface area (Å²) in [6, 6.07) is 7.61. The fraction of sp³-hybridized carbons (Fsp3) is 0.143. The van der Waals surface area contributed by atoms with Gasteiger partial charge in [0.05, 0.1) is 15.4 Å². The van der Waals surface area contributed by atoms with Crippen LogP contribution in [0.25, 0.3) is 21.7 Å². The van der Waals surface area contributed by atoms with E-state index in [0.29, 0.717) is 10.8 Å². The Bertz CT molecular complexity index is 758. The lowest BCUT2D eigenvalue weighted by atomic mass is 10.1. The van der Waals surface area contributed by atoms with E-state index in [9.17, 15) is 0 Å². The second-order valence-electron chi connectivity index (χ2n) is 4.48. The molecule has 2 aromatic heterocycles. The van der Waals surface area contributed by atoms with Crippen LogP contribution in [0.3, 0.4) is 0 Å². The Balaban J connectivity index is 2.21. The molecule has 0 amide bonds. The lowest BCUT2D eigenvalue weighted by Crippen LogP contribution is -1.97. The van der Waals surface area contributed by atoms with Gasteiger partial charge in [-0.3, -0.25) is 4.68 Å². The third kappa shape index (κ3) is 2.19. The van der Waals surface area contributed by atoms with Gasteiger partial charge in [0.1, 0.15) is 11.5 Å². The Kier molecular flexibility index (Phi) is 3.23. The third-order valence-electron chi connectivity index (χ3n) is 3.08. The maximum Gasteiger partial charge on any atom is 0.129 e. The first-order valence-corrected chi connectivity index (χ1v) is 7.27. The van der Waals surface area contributed by atoms with Crippen LogP contribution in [0.15, 0.2) is 30.5 Å².